The number of aromatic nitrogens is 1. The summed E-state index contributed by atoms with van der Waals surface area (Å²) < 4.78 is 21.6. The maximum Gasteiger partial charge on any atom is 0.343 e. The van der Waals surface area contributed by atoms with Crippen LogP contribution < -0.4 is 9.47 Å². The number of halogens is 1. The number of hydrogen-bond donors (Lipinski definition) is 0. The average Bonchev–Trinajstić information content (AvgIpc) is 3.40. The highest BCUT2D eigenvalue weighted by atomic mass is 79.9. The molecule has 0 radical (unpaired) electrons. The summed E-state index contributed by atoms with van der Waals surface area (Å²) in [6.07, 6.45) is 3.91. The summed E-state index contributed by atoms with van der Waals surface area (Å²) in [5.74, 6) is 3.87. The van der Waals surface area contributed by atoms with E-state index in [2.05, 4.69) is 44.7 Å². The highest BCUT2D eigenvalue weighted by Gasteiger charge is 2.09. The summed E-state index contributed by atoms with van der Waals surface area (Å²) in [7, 11) is 1.32. The summed E-state index contributed by atoms with van der Waals surface area (Å²) in [6.45, 7) is 12.1. The fourth-order valence-corrected chi connectivity index (χ4v) is 2.85. The molecule has 0 bridgehead atoms. The lowest BCUT2D eigenvalue weighted by Gasteiger charge is -2.10. The number of oxazole rings is 1. The zero-order valence-electron chi connectivity index (χ0n) is 22.3. The molecule has 0 unspecified atom stereocenters. The Kier molecular flexibility index (Phi) is 17.9. The van der Waals surface area contributed by atoms with E-state index < -0.39 is 5.97 Å². The van der Waals surface area contributed by atoms with Gasteiger partial charge in [0.15, 0.2) is 19.0 Å². The molecule has 0 N–H and O–H groups in total. The number of carbonyl (C=O) groups is 1. The van der Waals surface area contributed by atoms with Crippen LogP contribution in [0.15, 0.2) is 53.1 Å². The molecule has 2 aromatic carbocycles. The fourth-order valence-electron chi connectivity index (χ4n) is 2.85. The van der Waals surface area contributed by atoms with Gasteiger partial charge in [0.2, 0.25) is 5.89 Å². The Labute approximate surface area is 219 Å². The highest BCUT2D eigenvalue weighted by molar-refractivity contribution is 9.08. The Hall–Kier alpha value is -2.80. The van der Waals surface area contributed by atoms with Gasteiger partial charge in [-0.3, -0.25) is 0 Å². The third-order valence-corrected chi connectivity index (χ3v) is 4.41. The molecule has 0 amide bonds. The van der Waals surface area contributed by atoms with E-state index in [9.17, 15) is 4.79 Å². The van der Waals surface area contributed by atoms with Gasteiger partial charge in [-0.25, -0.2) is 9.78 Å². The van der Waals surface area contributed by atoms with Crippen molar-refractivity contribution in [3.05, 3.63) is 65.7 Å². The average molecular weight is 551 g/mol. The van der Waals surface area contributed by atoms with E-state index >= 15 is 0 Å². The molecule has 3 rings (SSSR count). The number of methoxy groups -OCH3 is 1. The zero-order chi connectivity index (χ0) is 26.6. The number of benzene rings is 2. The van der Waals surface area contributed by atoms with Crippen molar-refractivity contribution in [1.29, 1.82) is 0 Å². The van der Waals surface area contributed by atoms with Crippen LogP contribution in [0.2, 0.25) is 0 Å². The molecule has 0 fully saturated rings. The molecule has 3 aromatic rings. The monoisotopic (exact) mass is 549 g/mol. The molecule has 0 saturated heterocycles. The molecule has 0 aliphatic heterocycles. The standard InChI is InChI=1S/C23H25NO5.2C2H6.CH3Br/c1-4-5-17-6-8-18(9-7-17)21-13-24-22(29-21)14-27-19-10-11-20(16(2)12-19)28-15-23(25)26-3;3*1-2/h6-13H,4-5,14-15H2,1-3H3;2*1-2H3;1H3. The van der Waals surface area contributed by atoms with Crippen LogP contribution in [0.5, 0.6) is 11.5 Å². The Balaban J connectivity index is 0.00000179. The molecule has 0 aliphatic carbocycles. The summed E-state index contributed by atoms with van der Waals surface area (Å²) in [6, 6.07) is 13.7. The minimum absolute atomic E-state index is 0.129. The molecular weight excluding hydrogens is 510 g/mol. The molecule has 0 aliphatic rings. The molecule has 0 atom stereocenters. The normalized spacial score (nSPS) is 9.29. The van der Waals surface area contributed by atoms with Crippen LogP contribution in [0.3, 0.4) is 0 Å². The Morgan fingerprint density at radius 1 is 1.00 bits per heavy atom. The van der Waals surface area contributed by atoms with Gasteiger partial charge in [-0.1, -0.05) is 81.2 Å². The molecular formula is C28H40BrNO5. The van der Waals surface area contributed by atoms with Crippen molar-refractivity contribution in [2.24, 2.45) is 0 Å². The number of rotatable bonds is 9. The van der Waals surface area contributed by atoms with Crippen LogP contribution in [-0.4, -0.2) is 30.5 Å². The number of esters is 1. The Morgan fingerprint density at radius 2 is 1.66 bits per heavy atom. The molecule has 1 aromatic heterocycles. The molecule has 194 valence electrons. The van der Waals surface area contributed by atoms with Crippen molar-refractivity contribution in [1.82, 2.24) is 4.98 Å². The van der Waals surface area contributed by atoms with Gasteiger partial charge in [0.25, 0.3) is 0 Å². The van der Waals surface area contributed by atoms with Crippen LogP contribution in [0.25, 0.3) is 11.3 Å². The Morgan fingerprint density at radius 3 is 2.23 bits per heavy atom. The number of nitrogens with zero attached hydrogens (tertiary/aromatic N) is 1. The van der Waals surface area contributed by atoms with E-state index in [1.165, 1.54) is 12.7 Å². The minimum atomic E-state index is -0.426. The third kappa shape index (κ3) is 11.5. The first-order valence-corrected chi connectivity index (χ1v) is 13.5. The molecule has 7 heteroatoms. The van der Waals surface area contributed by atoms with Gasteiger partial charge in [-0.2, -0.15) is 0 Å². The first-order chi connectivity index (χ1) is 17.1. The van der Waals surface area contributed by atoms with Crippen LogP contribution in [0.4, 0.5) is 0 Å². The van der Waals surface area contributed by atoms with Crippen LogP contribution >= 0.6 is 15.9 Å². The van der Waals surface area contributed by atoms with Crippen molar-refractivity contribution < 1.29 is 23.4 Å². The summed E-state index contributed by atoms with van der Waals surface area (Å²) in [5, 5.41) is 0. The highest BCUT2D eigenvalue weighted by Crippen LogP contribution is 2.25. The van der Waals surface area contributed by atoms with E-state index in [1.807, 2.05) is 58.7 Å². The second-order valence-electron chi connectivity index (χ2n) is 6.65. The largest absolute Gasteiger partial charge is 0.484 e. The predicted molar refractivity (Wildman–Crippen MR) is 147 cm³/mol. The van der Waals surface area contributed by atoms with Crippen LogP contribution in [0.1, 0.15) is 58.1 Å². The number of alkyl halides is 1. The smallest absolute Gasteiger partial charge is 0.343 e. The second-order valence-corrected chi connectivity index (χ2v) is 6.65. The number of ether oxygens (including phenoxy) is 3. The topological polar surface area (TPSA) is 70.8 Å². The lowest BCUT2D eigenvalue weighted by Crippen LogP contribution is -2.13. The predicted octanol–water partition coefficient (Wildman–Crippen LogP) is 7.80. The van der Waals surface area contributed by atoms with E-state index in [0.717, 1.165) is 29.7 Å². The van der Waals surface area contributed by atoms with Crippen molar-refractivity contribution >= 4 is 21.9 Å². The number of carbonyl (C=O) groups excluding carboxylic acids is 1. The van der Waals surface area contributed by atoms with Crippen molar-refractivity contribution in [3.8, 4) is 22.8 Å². The van der Waals surface area contributed by atoms with Crippen molar-refractivity contribution in [2.45, 2.75) is 61.0 Å². The molecule has 1 heterocycles. The van der Waals surface area contributed by atoms with Gasteiger partial charge in [-0.15, -0.1) is 0 Å². The first kappa shape index (κ1) is 32.2. The summed E-state index contributed by atoms with van der Waals surface area (Å²) in [4.78, 5) is 15.5. The number of hydrogen-bond acceptors (Lipinski definition) is 6. The quantitative estimate of drug-likeness (QED) is 0.200. The molecule has 6 nitrogen and oxygen atoms in total. The lowest BCUT2D eigenvalue weighted by molar-refractivity contribution is -0.142. The van der Waals surface area contributed by atoms with Gasteiger partial charge >= 0.3 is 5.97 Å². The van der Waals surface area contributed by atoms with Gasteiger partial charge in [0.1, 0.15) is 11.5 Å². The SMILES string of the molecule is CBr.CC.CC.CCCc1ccc(-c2cnc(COc3ccc(OCC(=O)OC)c(C)c3)o2)cc1. The maximum atomic E-state index is 11.2. The van der Waals surface area contributed by atoms with Gasteiger partial charge in [0.05, 0.1) is 13.3 Å². The molecule has 0 saturated carbocycles. The minimum Gasteiger partial charge on any atom is -0.484 e. The van der Waals surface area contributed by atoms with Gasteiger partial charge in [-0.05, 0) is 48.5 Å². The first-order valence-electron chi connectivity index (χ1n) is 11.9. The maximum absolute atomic E-state index is 11.2. The fraction of sp³-hybridized carbons (Fsp3) is 0.429. The summed E-state index contributed by atoms with van der Waals surface area (Å²) >= 11 is 2.94. The van der Waals surface area contributed by atoms with Gasteiger partial charge in [0, 0.05) is 5.56 Å². The Bertz CT molecular complexity index is 954. The van der Waals surface area contributed by atoms with Crippen LogP contribution in [0, 0.1) is 6.92 Å². The third-order valence-electron chi connectivity index (χ3n) is 4.41. The van der Waals surface area contributed by atoms with Crippen molar-refractivity contribution in [3.63, 3.8) is 0 Å². The second kappa shape index (κ2) is 19.5. The van der Waals surface area contributed by atoms with Crippen LogP contribution in [-0.2, 0) is 22.6 Å². The summed E-state index contributed by atoms with van der Waals surface area (Å²) in [5.41, 5.74) is 3.16. The van der Waals surface area contributed by atoms with Crippen molar-refractivity contribution in [2.75, 3.05) is 19.5 Å². The number of aryl methyl sites for hydroxylation is 2. The molecule has 35 heavy (non-hydrogen) atoms. The lowest BCUT2D eigenvalue weighted by atomic mass is 10.1. The van der Waals surface area contributed by atoms with E-state index in [1.54, 1.807) is 18.3 Å². The molecule has 0 spiro atoms. The van der Waals surface area contributed by atoms with E-state index in [4.69, 9.17) is 13.9 Å². The zero-order valence-corrected chi connectivity index (χ0v) is 23.9. The van der Waals surface area contributed by atoms with E-state index in [0.29, 0.717) is 17.4 Å². The van der Waals surface area contributed by atoms with Gasteiger partial charge < -0.3 is 18.6 Å². The van der Waals surface area contributed by atoms with E-state index in [-0.39, 0.29) is 13.2 Å².